The molecule has 1 aliphatic carbocycles. The lowest BCUT2D eigenvalue weighted by molar-refractivity contribution is 0.0994. The van der Waals surface area contributed by atoms with Gasteiger partial charge in [0.1, 0.15) is 11.6 Å². The minimum Gasteiger partial charge on any atom is -0.493 e. The Morgan fingerprint density at radius 3 is 2.58 bits per heavy atom. The van der Waals surface area contributed by atoms with E-state index in [0.717, 1.165) is 3.97 Å². The molecule has 0 aliphatic heterocycles. The van der Waals surface area contributed by atoms with Crippen LogP contribution in [0.4, 0.5) is 4.39 Å². The summed E-state index contributed by atoms with van der Waals surface area (Å²) in [5, 5.41) is 0. The van der Waals surface area contributed by atoms with E-state index >= 15 is 0 Å². The van der Waals surface area contributed by atoms with Crippen LogP contribution in [0.2, 0.25) is 0 Å². The van der Waals surface area contributed by atoms with Crippen LogP contribution in [0.1, 0.15) is 28.9 Å². The molecule has 1 aromatic heterocycles. The molecule has 3 aromatic rings. The van der Waals surface area contributed by atoms with Gasteiger partial charge in [0.05, 0.1) is 17.2 Å². The summed E-state index contributed by atoms with van der Waals surface area (Å²) in [4.78, 5) is 12.3. The van der Waals surface area contributed by atoms with Gasteiger partial charge in [-0.25, -0.2) is 16.8 Å². The second-order valence-electron chi connectivity index (χ2n) is 7.23. The van der Waals surface area contributed by atoms with E-state index in [1.54, 1.807) is 25.3 Å². The van der Waals surface area contributed by atoms with Gasteiger partial charge in [-0.15, -0.1) is 0 Å². The molecule has 0 fully saturated rings. The van der Waals surface area contributed by atoms with Crippen LogP contribution in [0.5, 0.6) is 5.75 Å². The zero-order chi connectivity index (χ0) is 22.0. The fourth-order valence-electron chi connectivity index (χ4n) is 3.73. The fourth-order valence-corrected chi connectivity index (χ4v) is 5.35. The van der Waals surface area contributed by atoms with Crippen LogP contribution in [-0.2, 0) is 21.2 Å². The van der Waals surface area contributed by atoms with Crippen LogP contribution < -0.4 is 4.74 Å². The van der Waals surface area contributed by atoms with Crippen molar-refractivity contribution in [2.45, 2.75) is 24.2 Å². The third-order valence-corrected chi connectivity index (χ3v) is 6.95. The fraction of sp³-hybridized carbons (Fsp3) is 0.261. The van der Waals surface area contributed by atoms with Crippen LogP contribution in [0, 0.1) is 5.82 Å². The van der Waals surface area contributed by atoms with E-state index in [9.17, 15) is 17.6 Å². The average molecular weight is 443 g/mol. The lowest BCUT2D eigenvalue weighted by Gasteiger charge is -2.15. The zero-order valence-electron chi connectivity index (χ0n) is 17.0. The maximum atomic E-state index is 14.5. The van der Waals surface area contributed by atoms with E-state index in [4.69, 9.17) is 9.47 Å². The quantitative estimate of drug-likeness (QED) is 0.491. The van der Waals surface area contributed by atoms with E-state index < -0.39 is 15.8 Å². The molecule has 0 unspecified atom stereocenters. The van der Waals surface area contributed by atoms with Gasteiger partial charge in [0.2, 0.25) is 0 Å². The number of nitrogens with zero attached hydrogens (tertiary/aromatic N) is 1. The lowest BCUT2D eigenvalue weighted by atomic mass is 10.1. The summed E-state index contributed by atoms with van der Waals surface area (Å²) in [5.41, 5.74) is 0.978. The Kier molecular flexibility index (Phi) is 5.93. The van der Waals surface area contributed by atoms with Crippen molar-refractivity contribution in [2.75, 3.05) is 20.3 Å². The number of carbonyl (C=O) groups excluding carboxylic acids is 1. The first-order chi connectivity index (χ1) is 14.9. The number of ketones is 1. The number of benzene rings is 2. The maximum Gasteiger partial charge on any atom is 0.268 e. The molecule has 1 heterocycles. The van der Waals surface area contributed by atoms with Crippen molar-refractivity contribution in [3.63, 3.8) is 0 Å². The Labute approximate surface area is 180 Å². The van der Waals surface area contributed by atoms with E-state index in [2.05, 4.69) is 0 Å². The van der Waals surface area contributed by atoms with Crippen LogP contribution >= 0.6 is 0 Å². The van der Waals surface area contributed by atoms with Gasteiger partial charge < -0.3 is 9.47 Å². The summed E-state index contributed by atoms with van der Waals surface area (Å²) in [6.07, 6.45) is 1.19. The van der Waals surface area contributed by atoms with Gasteiger partial charge in [0.25, 0.3) is 10.0 Å². The predicted molar refractivity (Wildman–Crippen MR) is 113 cm³/mol. The number of carbonyl (C=O) groups is 1. The summed E-state index contributed by atoms with van der Waals surface area (Å²) >= 11 is 0. The number of aromatic nitrogens is 1. The first-order valence-electron chi connectivity index (χ1n) is 9.93. The topological polar surface area (TPSA) is 74.6 Å². The molecule has 0 radical (unpaired) electrons. The number of rotatable bonds is 8. The van der Waals surface area contributed by atoms with Crippen LogP contribution in [0.25, 0.3) is 11.3 Å². The molecular weight excluding hydrogens is 421 g/mol. The molecule has 0 atom stereocenters. The number of halogens is 1. The standard InChI is InChI=1S/C23H22FNO5S/c1-29-12-5-13-30-16-6-4-7-17(14-16)31(27,28)25-21-10-11-23(26)19(21)15-22(25)18-8-2-3-9-20(18)24/h2-4,6-9,14-15H,5,10-13H2,1H3. The number of Topliss-reactive ketones (excluding diaryl/α,β-unsaturated/α-hetero) is 1. The number of hydrogen-bond donors (Lipinski definition) is 0. The number of methoxy groups -OCH3 is 1. The lowest BCUT2D eigenvalue weighted by Crippen LogP contribution is -2.17. The second-order valence-corrected chi connectivity index (χ2v) is 9.02. The van der Waals surface area contributed by atoms with E-state index in [1.807, 2.05) is 0 Å². The van der Waals surface area contributed by atoms with Gasteiger partial charge in [-0.2, -0.15) is 0 Å². The first-order valence-corrected chi connectivity index (χ1v) is 11.4. The Bertz CT molecular complexity index is 1230. The maximum absolute atomic E-state index is 14.5. The van der Waals surface area contributed by atoms with Gasteiger partial charge in [-0.1, -0.05) is 18.2 Å². The molecule has 4 rings (SSSR count). The van der Waals surface area contributed by atoms with E-state index in [1.165, 1.54) is 36.4 Å². The van der Waals surface area contributed by atoms with Crippen LogP contribution in [0.15, 0.2) is 59.5 Å². The predicted octanol–water partition coefficient (Wildman–Crippen LogP) is 4.08. The Morgan fingerprint density at radius 1 is 1.00 bits per heavy atom. The van der Waals surface area contributed by atoms with Crippen molar-refractivity contribution < 1.29 is 27.1 Å². The molecule has 0 amide bonds. The normalized spacial score (nSPS) is 13.4. The van der Waals surface area contributed by atoms with Crippen molar-refractivity contribution in [3.8, 4) is 17.0 Å². The molecule has 0 spiro atoms. The number of ether oxygens (including phenoxy) is 2. The molecule has 0 N–H and O–H groups in total. The molecule has 0 saturated heterocycles. The SMILES string of the molecule is COCCCOc1cccc(S(=O)(=O)n2c(-c3ccccc3F)cc3c2CCC3=O)c1. The summed E-state index contributed by atoms with van der Waals surface area (Å²) in [5.74, 6) is -0.293. The monoisotopic (exact) mass is 443 g/mol. The summed E-state index contributed by atoms with van der Waals surface area (Å²) in [7, 11) is -2.51. The molecule has 31 heavy (non-hydrogen) atoms. The Hall–Kier alpha value is -2.97. The molecule has 2 aromatic carbocycles. The van der Waals surface area contributed by atoms with Crippen molar-refractivity contribution in [3.05, 3.63) is 71.7 Å². The zero-order valence-corrected chi connectivity index (χ0v) is 17.8. The Balaban J connectivity index is 1.80. The van der Waals surface area contributed by atoms with Gasteiger partial charge in [0, 0.05) is 49.4 Å². The molecule has 0 bridgehead atoms. The molecule has 0 saturated carbocycles. The van der Waals surface area contributed by atoms with E-state index in [0.29, 0.717) is 36.6 Å². The minimum atomic E-state index is -4.10. The average Bonchev–Trinajstić information content (AvgIpc) is 3.32. The second kappa shape index (κ2) is 8.64. The molecule has 6 nitrogen and oxygen atoms in total. The number of fused-ring (bicyclic) bond motifs is 1. The minimum absolute atomic E-state index is 0.00656. The van der Waals surface area contributed by atoms with Crippen molar-refractivity contribution >= 4 is 15.8 Å². The van der Waals surface area contributed by atoms with Crippen molar-refractivity contribution in [1.29, 1.82) is 0 Å². The van der Waals surface area contributed by atoms with Gasteiger partial charge in [0.15, 0.2) is 5.78 Å². The molecule has 8 heteroatoms. The van der Waals surface area contributed by atoms with E-state index in [-0.39, 0.29) is 34.8 Å². The highest BCUT2D eigenvalue weighted by molar-refractivity contribution is 7.90. The van der Waals surface area contributed by atoms with Crippen molar-refractivity contribution in [1.82, 2.24) is 3.97 Å². The largest absolute Gasteiger partial charge is 0.493 e. The van der Waals surface area contributed by atoms with Gasteiger partial charge in [-0.05, 0) is 36.8 Å². The summed E-state index contributed by atoms with van der Waals surface area (Å²) in [6.45, 7) is 0.915. The van der Waals surface area contributed by atoms with Crippen LogP contribution in [-0.4, -0.2) is 38.5 Å². The highest BCUT2D eigenvalue weighted by Gasteiger charge is 2.33. The smallest absolute Gasteiger partial charge is 0.268 e. The molecular formula is C23H22FNO5S. The van der Waals surface area contributed by atoms with Gasteiger partial charge >= 0.3 is 0 Å². The molecule has 1 aliphatic rings. The third-order valence-electron chi connectivity index (χ3n) is 5.20. The third kappa shape index (κ3) is 4.00. The molecule has 162 valence electrons. The van der Waals surface area contributed by atoms with Crippen molar-refractivity contribution in [2.24, 2.45) is 0 Å². The summed E-state index contributed by atoms with van der Waals surface area (Å²) < 4.78 is 53.6. The highest BCUT2D eigenvalue weighted by atomic mass is 32.2. The van der Waals surface area contributed by atoms with Gasteiger partial charge in [-0.3, -0.25) is 4.79 Å². The Morgan fingerprint density at radius 2 is 1.81 bits per heavy atom. The highest BCUT2D eigenvalue weighted by Crippen LogP contribution is 2.36. The first kappa shape index (κ1) is 21.3. The van der Waals surface area contributed by atoms with Crippen LogP contribution in [0.3, 0.4) is 0 Å². The number of hydrogen-bond acceptors (Lipinski definition) is 5. The summed E-state index contributed by atoms with van der Waals surface area (Å²) in [6, 6.07) is 13.6.